The molecule has 0 radical (unpaired) electrons. The predicted molar refractivity (Wildman–Crippen MR) is 120 cm³/mol. The van der Waals surface area contributed by atoms with Crippen molar-refractivity contribution >= 4 is 22.8 Å². The second-order valence-electron chi connectivity index (χ2n) is 9.24. The zero-order chi connectivity index (χ0) is 22.8. The summed E-state index contributed by atoms with van der Waals surface area (Å²) in [5.74, 6) is -0.641. The van der Waals surface area contributed by atoms with E-state index in [1.54, 1.807) is 21.9 Å². The van der Waals surface area contributed by atoms with Gasteiger partial charge in [-0.25, -0.2) is 4.39 Å². The van der Waals surface area contributed by atoms with Crippen LogP contribution in [0.2, 0.25) is 0 Å². The van der Waals surface area contributed by atoms with Gasteiger partial charge in [-0.15, -0.1) is 0 Å². The summed E-state index contributed by atoms with van der Waals surface area (Å²) < 4.78 is 25.8. The molecule has 32 heavy (non-hydrogen) atoms. The van der Waals surface area contributed by atoms with Gasteiger partial charge in [-0.3, -0.25) is 9.59 Å². The molecule has 2 heterocycles. The highest BCUT2D eigenvalue weighted by atomic mass is 19.1. The van der Waals surface area contributed by atoms with E-state index >= 15 is 0 Å². The third kappa shape index (κ3) is 4.68. The number of ether oxygens (including phenoxy) is 1. The molecule has 0 bridgehead atoms. The lowest BCUT2D eigenvalue weighted by Gasteiger charge is -2.40. The summed E-state index contributed by atoms with van der Waals surface area (Å²) in [7, 11) is 0. The van der Waals surface area contributed by atoms with Crippen molar-refractivity contribution in [3.8, 4) is 0 Å². The van der Waals surface area contributed by atoms with Crippen LogP contribution in [0, 0.1) is 12.7 Å². The van der Waals surface area contributed by atoms with Crippen molar-refractivity contribution < 1.29 is 23.1 Å². The highest BCUT2D eigenvalue weighted by Crippen LogP contribution is 2.27. The molecule has 1 saturated heterocycles. The van der Waals surface area contributed by atoms with E-state index in [9.17, 15) is 14.0 Å². The average Bonchev–Trinajstić information content (AvgIpc) is 3.09. The number of furan rings is 1. The van der Waals surface area contributed by atoms with Crippen LogP contribution in [0.5, 0.6) is 0 Å². The minimum absolute atomic E-state index is 0.0189. The predicted octanol–water partition coefficient (Wildman–Crippen LogP) is 4.68. The number of hydrogen-bond donors (Lipinski definition) is 0. The quantitative estimate of drug-likeness (QED) is 0.643. The first-order valence-electron chi connectivity index (χ1n) is 11.8. The fourth-order valence-electron chi connectivity index (χ4n) is 4.91. The van der Waals surface area contributed by atoms with Gasteiger partial charge in [0, 0.05) is 31.1 Å². The minimum Gasteiger partial charge on any atom is -0.448 e. The minimum atomic E-state index is -0.478. The summed E-state index contributed by atoms with van der Waals surface area (Å²) in [4.78, 5) is 29.6. The molecule has 2 amide bonds. The van der Waals surface area contributed by atoms with E-state index in [1.165, 1.54) is 18.9 Å². The third-order valence-corrected chi connectivity index (χ3v) is 6.81. The first-order chi connectivity index (χ1) is 15.3. The summed E-state index contributed by atoms with van der Waals surface area (Å²) in [5, 5.41) is 0.610. The molecule has 2 aliphatic rings. The maximum atomic E-state index is 14.1. The van der Waals surface area contributed by atoms with E-state index in [0.717, 1.165) is 31.2 Å². The lowest BCUT2D eigenvalue weighted by Crippen LogP contribution is -2.57. The maximum absolute atomic E-state index is 14.1. The van der Waals surface area contributed by atoms with Gasteiger partial charge in [0.2, 0.25) is 0 Å². The van der Waals surface area contributed by atoms with Crippen molar-refractivity contribution in [1.29, 1.82) is 0 Å². The average molecular weight is 445 g/mol. The van der Waals surface area contributed by atoms with Crippen molar-refractivity contribution in [3.63, 3.8) is 0 Å². The van der Waals surface area contributed by atoms with Crippen LogP contribution >= 0.6 is 0 Å². The Kier molecular flexibility index (Phi) is 6.84. The zero-order valence-corrected chi connectivity index (χ0v) is 19.2. The lowest BCUT2D eigenvalue weighted by molar-refractivity contribution is -0.149. The molecule has 4 rings (SSSR count). The molecule has 2 fully saturated rings. The largest absolute Gasteiger partial charge is 0.448 e. The van der Waals surface area contributed by atoms with E-state index in [4.69, 9.17) is 9.15 Å². The monoisotopic (exact) mass is 444 g/mol. The van der Waals surface area contributed by atoms with Crippen molar-refractivity contribution in [1.82, 2.24) is 9.80 Å². The van der Waals surface area contributed by atoms with Crippen LogP contribution in [-0.4, -0.2) is 59.5 Å². The second-order valence-corrected chi connectivity index (χ2v) is 9.24. The van der Waals surface area contributed by atoms with Gasteiger partial charge in [-0.05, 0) is 51.3 Å². The summed E-state index contributed by atoms with van der Waals surface area (Å²) in [6, 6.07) is 4.46. The first-order valence-corrected chi connectivity index (χ1v) is 11.8. The summed E-state index contributed by atoms with van der Waals surface area (Å²) in [6.45, 7) is 6.90. The number of aryl methyl sites for hydroxylation is 1. The van der Waals surface area contributed by atoms with Gasteiger partial charge in [0.1, 0.15) is 6.10 Å². The van der Waals surface area contributed by atoms with Crippen LogP contribution in [-0.2, 0) is 9.53 Å². The van der Waals surface area contributed by atoms with Gasteiger partial charge in [0.25, 0.3) is 11.8 Å². The molecular weight excluding hydrogens is 411 g/mol. The number of hydrogen-bond acceptors (Lipinski definition) is 4. The third-order valence-electron chi connectivity index (χ3n) is 6.81. The van der Waals surface area contributed by atoms with Gasteiger partial charge in [-0.1, -0.05) is 31.7 Å². The number of benzene rings is 1. The first kappa shape index (κ1) is 22.8. The SMILES string of the molecule is Cc1ccc(F)c2oc(C(=O)N3CCN(C(=O)C(C)OC4CCCCCC4)CC3C)cc12. The molecular formula is C25H33FN2O4. The van der Waals surface area contributed by atoms with Gasteiger partial charge in [0.15, 0.2) is 17.2 Å². The molecule has 1 aliphatic heterocycles. The van der Waals surface area contributed by atoms with Gasteiger partial charge < -0.3 is 19.0 Å². The van der Waals surface area contributed by atoms with Gasteiger partial charge in [0.05, 0.1) is 6.10 Å². The van der Waals surface area contributed by atoms with E-state index in [1.807, 2.05) is 20.8 Å². The molecule has 2 unspecified atom stereocenters. The fourth-order valence-corrected chi connectivity index (χ4v) is 4.91. The molecule has 1 aromatic carbocycles. The topological polar surface area (TPSA) is 63.0 Å². The molecule has 2 atom stereocenters. The molecule has 0 N–H and O–H groups in total. The van der Waals surface area contributed by atoms with Crippen LogP contribution in [0.1, 0.15) is 68.5 Å². The second kappa shape index (κ2) is 9.61. The Bertz CT molecular complexity index is 941. The number of halogens is 1. The lowest BCUT2D eigenvalue weighted by atomic mass is 10.1. The number of carbonyl (C=O) groups is 2. The summed E-state index contributed by atoms with van der Waals surface area (Å²) in [5.41, 5.74) is 0.967. The molecule has 1 aliphatic carbocycles. The number of carbonyl (C=O) groups excluding carboxylic acids is 2. The maximum Gasteiger partial charge on any atom is 0.289 e. The zero-order valence-electron chi connectivity index (χ0n) is 19.2. The Morgan fingerprint density at radius 3 is 2.53 bits per heavy atom. The van der Waals surface area contributed by atoms with E-state index < -0.39 is 11.9 Å². The van der Waals surface area contributed by atoms with E-state index in [-0.39, 0.29) is 35.3 Å². The van der Waals surface area contributed by atoms with Crippen molar-refractivity contribution in [3.05, 3.63) is 35.3 Å². The molecule has 0 spiro atoms. The van der Waals surface area contributed by atoms with Gasteiger partial charge >= 0.3 is 0 Å². The standard InChI is InChI=1S/C25H33FN2O4/c1-16-10-11-21(26)23-20(16)14-22(32-23)25(30)28-13-12-27(15-17(28)2)24(29)18(3)31-19-8-6-4-5-7-9-19/h10-11,14,17-19H,4-9,12-13,15H2,1-3H3. The van der Waals surface area contributed by atoms with Crippen molar-refractivity contribution in [2.24, 2.45) is 0 Å². The molecule has 174 valence electrons. The fraction of sp³-hybridized carbons (Fsp3) is 0.600. The Morgan fingerprint density at radius 2 is 1.88 bits per heavy atom. The Morgan fingerprint density at radius 1 is 1.16 bits per heavy atom. The van der Waals surface area contributed by atoms with Crippen LogP contribution in [0.15, 0.2) is 22.6 Å². The molecule has 2 aromatic rings. The normalized spacial score (nSPS) is 21.6. The van der Waals surface area contributed by atoms with Crippen LogP contribution in [0.25, 0.3) is 11.0 Å². The van der Waals surface area contributed by atoms with E-state index in [2.05, 4.69) is 0 Å². The Hall–Kier alpha value is -2.41. The number of amides is 2. The number of nitrogens with zero attached hydrogens (tertiary/aromatic N) is 2. The van der Waals surface area contributed by atoms with Crippen molar-refractivity contribution in [2.45, 2.75) is 77.5 Å². The molecule has 1 saturated carbocycles. The summed E-state index contributed by atoms with van der Waals surface area (Å²) in [6.07, 6.45) is 6.54. The van der Waals surface area contributed by atoms with Crippen LogP contribution in [0.4, 0.5) is 4.39 Å². The van der Waals surface area contributed by atoms with Crippen LogP contribution < -0.4 is 0 Å². The number of piperazine rings is 1. The number of rotatable bonds is 4. The Labute approximate surface area is 188 Å². The van der Waals surface area contributed by atoms with Crippen LogP contribution in [0.3, 0.4) is 0 Å². The number of fused-ring (bicyclic) bond motifs is 1. The molecule has 7 heteroatoms. The van der Waals surface area contributed by atoms with Gasteiger partial charge in [-0.2, -0.15) is 0 Å². The Balaban J connectivity index is 1.38. The highest BCUT2D eigenvalue weighted by Gasteiger charge is 2.34. The van der Waals surface area contributed by atoms with Crippen molar-refractivity contribution in [2.75, 3.05) is 19.6 Å². The van der Waals surface area contributed by atoms with E-state index in [0.29, 0.717) is 25.0 Å². The summed E-state index contributed by atoms with van der Waals surface area (Å²) >= 11 is 0. The molecule has 6 nitrogen and oxygen atoms in total. The smallest absolute Gasteiger partial charge is 0.289 e. The molecule has 1 aromatic heterocycles. The highest BCUT2D eigenvalue weighted by molar-refractivity contribution is 5.97.